The molecular formula is C33H31F4N3O7. The van der Waals surface area contributed by atoms with Crippen molar-refractivity contribution >= 4 is 35.4 Å². The van der Waals surface area contributed by atoms with E-state index in [0.717, 1.165) is 11.1 Å². The van der Waals surface area contributed by atoms with Gasteiger partial charge in [0, 0.05) is 35.7 Å². The molecule has 14 heteroatoms. The zero-order chi connectivity index (χ0) is 33.9. The Hall–Kier alpha value is -5.08. The monoisotopic (exact) mass is 657 g/mol. The summed E-state index contributed by atoms with van der Waals surface area (Å²) in [5, 5.41) is 2.75. The van der Waals surface area contributed by atoms with Crippen LogP contribution in [0.25, 0.3) is 17.2 Å². The van der Waals surface area contributed by atoms with E-state index in [-0.39, 0.29) is 63.8 Å². The van der Waals surface area contributed by atoms with Crippen LogP contribution in [0.3, 0.4) is 0 Å². The minimum atomic E-state index is -1.82. The molecule has 47 heavy (non-hydrogen) atoms. The summed E-state index contributed by atoms with van der Waals surface area (Å²) in [6, 6.07) is 12.5. The number of amidine groups is 1. The van der Waals surface area contributed by atoms with Crippen LogP contribution in [0.5, 0.6) is 5.75 Å². The number of halogens is 4. The third kappa shape index (κ3) is 9.47. The topological polar surface area (TPSA) is 139 Å². The first-order valence-corrected chi connectivity index (χ1v) is 14.5. The normalized spacial score (nSPS) is 12.4. The molecule has 0 unspecified atom stereocenters. The number of nitrogens with two attached hydrogens (primary N) is 1. The molecule has 3 N–H and O–H groups in total. The van der Waals surface area contributed by atoms with Gasteiger partial charge in [0.15, 0.2) is 11.6 Å². The van der Waals surface area contributed by atoms with Gasteiger partial charge in [-0.2, -0.15) is 8.78 Å². The number of carbonyl (C=O) groups is 3. The highest BCUT2D eigenvalue weighted by molar-refractivity contribution is 6.03. The van der Waals surface area contributed by atoms with E-state index in [9.17, 15) is 31.9 Å². The van der Waals surface area contributed by atoms with Crippen LogP contribution in [-0.2, 0) is 23.8 Å². The molecular weight excluding hydrogens is 626 g/mol. The number of nitrogens with one attached hydrogen (secondary N) is 1. The van der Waals surface area contributed by atoms with Gasteiger partial charge in [0.25, 0.3) is 5.91 Å². The standard InChI is InChI=1S/C33H31F4N3O7/c1-2-46-33(43)23-15-21-7-6-20(16-26(21)40-27(38)17-23)19-4-3-5-22(14-19)32(42)39-9-11-45-13-12-44-10-8-28(41)47-31-29(36)24(34)18-25(35)30(31)37/h3-7,14-16,18H,2,8-13,17H2,1H3,(H2,38,40)(H,39,42). The summed E-state index contributed by atoms with van der Waals surface area (Å²) in [4.78, 5) is 41.2. The maximum Gasteiger partial charge on any atom is 0.334 e. The Bertz CT molecular complexity index is 1690. The Morgan fingerprint density at radius 2 is 1.60 bits per heavy atom. The average molecular weight is 658 g/mol. The van der Waals surface area contributed by atoms with Crippen LogP contribution >= 0.6 is 0 Å². The molecule has 10 nitrogen and oxygen atoms in total. The first kappa shape index (κ1) is 34.8. The SMILES string of the molecule is CCOC(=O)C1=Cc2ccc(-c3cccc(C(=O)NCCOCCOCCC(=O)Oc4c(F)c(F)cc(F)c4F)c3)cc2N=C(N)C1. The van der Waals surface area contributed by atoms with Gasteiger partial charge < -0.3 is 30.0 Å². The molecule has 1 amide bonds. The first-order valence-electron chi connectivity index (χ1n) is 14.5. The number of rotatable bonds is 14. The number of aliphatic imine (C=N–C) groups is 1. The van der Waals surface area contributed by atoms with Crippen LogP contribution in [0.4, 0.5) is 23.2 Å². The molecule has 1 heterocycles. The van der Waals surface area contributed by atoms with Gasteiger partial charge >= 0.3 is 11.9 Å². The van der Waals surface area contributed by atoms with Crippen LogP contribution in [0.1, 0.15) is 35.7 Å². The Morgan fingerprint density at radius 1 is 0.894 bits per heavy atom. The third-order valence-electron chi connectivity index (χ3n) is 6.63. The van der Waals surface area contributed by atoms with E-state index >= 15 is 0 Å². The average Bonchev–Trinajstić information content (AvgIpc) is 3.22. The van der Waals surface area contributed by atoms with E-state index in [1.54, 1.807) is 31.2 Å². The molecule has 0 saturated carbocycles. The van der Waals surface area contributed by atoms with Gasteiger partial charge in [0.05, 0.1) is 45.1 Å². The Balaban J connectivity index is 1.19. The number of hydrogen-bond donors (Lipinski definition) is 2. The second-order valence-electron chi connectivity index (χ2n) is 10.0. The Kier molecular flexibility index (Phi) is 12.2. The van der Waals surface area contributed by atoms with Gasteiger partial charge in [0.1, 0.15) is 5.84 Å². The lowest BCUT2D eigenvalue weighted by atomic mass is 9.99. The summed E-state index contributed by atoms with van der Waals surface area (Å²) in [5.41, 5.74) is 9.74. The summed E-state index contributed by atoms with van der Waals surface area (Å²) in [6.45, 7) is 2.29. The van der Waals surface area contributed by atoms with Gasteiger partial charge in [-0.3, -0.25) is 9.59 Å². The number of esters is 2. The quantitative estimate of drug-likeness (QED) is 0.0812. The molecule has 1 aliphatic rings. The summed E-state index contributed by atoms with van der Waals surface area (Å²) in [7, 11) is 0. The van der Waals surface area contributed by atoms with Gasteiger partial charge in [-0.15, -0.1) is 0 Å². The first-order chi connectivity index (χ1) is 22.6. The molecule has 0 fully saturated rings. The summed E-state index contributed by atoms with van der Waals surface area (Å²) in [5.74, 6) is -10.1. The molecule has 0 saturated heterocycles. The molecule has 0 aromatic heterocycles. The Labute approximate surface area is 267 Å². The van der Waals surface area contributed by atoms with Gasteiger partial charge in [-0.1, -0.05) is 24.3 Å². The van der Waals surface area contributed by atoms with Crippen molar-refractivity contribution in [3.05, 3.63) is 88.5 Å². The van der Waals surface area contributed by atoms with Crippen LogP contribution < -0.4 is 15.8 Å². The maximum absolute atomic E-state index is 13.6. The van der Waals surface area contributed by atoms with Crippen molar-refractivity contribution in [2.24, 2.45) is 10.7 Å². The van der Waals surface area contributed by atoms with E-state index in [0.29, 0.717) is 22.4 Å². The highest BCUT2D eigenvalue weighted by Crippen LogP contribution is 2.32. The van der Waals surface area contributed by atoms with Crippen molar-refractivity contribution in [1.29, 1.82) is 0 Å². The van der Waals surface area contributed by atoms with Crippen molar-refractivity contribution in [2.45, 2.75) is 19.8 Å². The van der Waals surface area contributed by atoms with E-state index in [1.807, 2.05) is 24.3 Å². The fourth-order valence-corrected chi connectivity index (χ4v) is 4.39. The van der Waals surface area contributed by atoms with E-state index in [4.69, 9.17) is 19.9 Å². The second-order valence-corrected chi connectivity index (χ2v) is 10.0. The molecule has 1 aliphatic heterocycles. The largest absolute Gasteiger partial charge is 0.463 e. The summed E-state index contributed by atoms with van der Waals surface area (Å²) < 4.78 is 73.7. The van der Waals surface area contributed by atoms with Crippen LogP contribution in [-0.4, -0.2) is 63.3 Å². The number of amides is 1. The number of carbonyl (C=O) groups excluding carboxylic acids is 3. The number of hydrogen-bond acceptors (Lipinski definition) is 9. The molecule has 4 rings (SSSR count). The molecule has 0 bridgehead atoms. The zero-order valence-corrected chi connectivity index (χ0v) is 25.2. The molecule has 0 aliphatic carbocycles. The van der Waals surface area contributed by atoms with E-state index in [2.05, 4.69) is 15.0 Å². The van der Waals surface area contributed by atoms with Gasteiger partial charge in [-0.25, -0.2) is 18.6 Å². The lowest BCUT2D eigenvalue weighted by molar-refractivity contribution is -0.138. The lowest BCUT2D eigenvalue weighted by Gasteiger charge is -2.10. The predicted molar refractivity (Wildman–Crippen MR) is 163 cm³/mol. The van der Waals surface area contributed by atoms with Crippen molar-refractivity contribution in [3.8, 4) is 16.9 Å². The van der Waals surface area contributed by atoms with Crippen LogP contribution in [0, 0.1) is 23.3 Å². The molecule has 0 radical (unpaired) electrons. The second kappa shape index (κ2) is 16.5. The molecule has 3 aromatic carbocycles. The van der Waals surface area contributed by atoms with E-state index < -0.39 is 47.4 Å². The number of fused-ring (bicyclic) bond motifs is 1. The third-order valence-corrected chi connectivity index (χ3v) is 6.63. The smallest absolute Gasteiger partial charge is 0.334 e. The van der Waals surface area contributed by atoms with Crippen LogP contribution in [0.15, 0.2) is 59.1 Å². The zero-order valence-electron chi connectivity index (χ0n) is 25.2. The minimum absolute atomic E-state index is 0.00423. The number of nitrogens with zero attached hydrogens (tertiary/aromatic N) is 1. The van der Waals surface area contributed by atoms with Crippen molar-refractivity contribution in [1.82, 2.24) is 5.32 Å². The van der Waals surface area contributed by atoms with Crippen molar-refractivity contribution in [3.63, 3.8) is 0 Å². The Morgan fingerprint density at radius 3 is 2.32 bits per heavy atom. The maximum atomic E-state index is 13.6. The minimum Gasteiger partial charge on any atom is -0.463 e. The fourth-order valence-electron chi connectivity index (χ4n) is 4.39. The molecule has 3 aromatic rings. The summed E-state index contributed by atoms with van der Waals surface area (Å²) >= 11 is 0. The molecule has 0 atom stereocenters. The van der Waals surface area contributed by atoms with Gasteiger partial charge in [-0.05, 0) is 42.3 Å². The number of ether oxygens (including phenoxy) is 4. The molecule has 248 valence electrons. The predicted octanol–water partition coefficient (Wildman–Crippen LogP) is 5.01. The lowest BCUT2D eigenvalue weighted by Crippen LogP contribution is -2.27. The van der Waals surface area contributed by atoms with Crippen molar-refractivity contribution < 1.29 is 50.9 Å². The van der Waals surface area contributed by atoms with E-state index in [1.165, 1.54) is 0 Å². The van der Waals surface area contributed by atoms with Gasteiger partial charge in [0.2, 0.25) is 17.4 Å². The fraction of sp³-hybridized carbons (Fsp3) is 0.273. The highest BCUT2D eigenvalue weighted by Gasteiger charge is 2.23. The summed E-state index contributed by atoms with van der Waals surface area (Å²) in [6.07, 6.45) is 1.44. The van der Waals surface area contributed by atoms with Crippen molar-refractivity contribution in [2.75, 3.05) is 39.6 Å². The molecule has 0 spiro atoms. The number of benzene rings is 3. The van der Waals surface area contributed by atoms with Crippen LogP contribution in [0.2, 0.25) is 0 Å². The highest BCUT2D eigenvalue weighted by atomic mass is 19.2.